The van der Waals surface area contributed by atoms with Gasteiger partial charge < -0.3 is 11.5 Å². The Kier molecular flexibility index (Phi) is 41.4. The van der Waals surface area contributed by atoms with Crippen LogP contribution < -0.4 is 11.5 Å². The van der Waals surface area contributed by atoms with Gasteiger partial charge in [-0.3, -0.25) is 4.79 Å². The highest BCUT2D eigenvalue weighted by molar-refractivity contribution is 5.88. The van der Waals surface area contributed by atoms with E-state index in [4.69, 9.17) is 11.5 Å². The summed E-state index contributed by atoms with van der Waals surface area (Å²) in [5.74, 6) is 0.133. The van der Waals surface area contributed by atoms with Crippen molar-refractivity contribution in [3.8, 4) is 0 Å². The van der Waals surface area contributed by atoms with E-state index in [9.17, 15) is 4.79 Å². The van der Waals surface area contributed by atoms with E-state index in [1.54, 1.807) is 0 Å². The number of carbonyl (C=O) groups excluding carboxylic acids is 1. The van der Waals surface area contributed by atoms with Gasteiger partial charge >= 0.3 is 0 Å². The molecule has 3 nitrogen and oxygen atoms in total. The Morgan fingerprint density at radius 3 is 0.727 bits per heavy atom. The molecule has 0 atom stereocenters. The maximum atomic E-state index is 13.8. The molecule has 0 rings (SSSR count). The molecule has 0 saturated heterocycles. The molecule has 4 N–H and O–H groups in total. The molecule has 0 spiro atoms. The summed E-state index contributed by atoms with van der Waals surface area (Å²) in [7, 11) is 0. The highest BCUT2D eigenvalue weighted by Crippen LogP contribution is 2.42. The molecule has 0 aromatic heterocycles. The lowest BCUT2D eigenvalue weighted by atomic mass is 9.65. The summed E-state index contributed by atoms with van der Waals surface area (Å²) in [4.78, 5) is 13.8. The molecule has 55 heavy (non-hydrogen) atoms. The van der Waals surface area contributed by atoms with Crippen molar-refractivity contribution in [2.24, 2.45) is 16.9 Å². The van der Waals surface area contributed by atoms with E-state index in [0.717, 1.165) is 44.9 Å². The number of nitrogens with two attached hydrogens (primary N) is 2. The minimum atomic E-state index is -1.20. The summed E-state index contributed by atoms with van der Waals surface area (Å²) in [6, 6.07) is 0. The molecule has 0 saturated carbocycles. The van der Waals surface area contributed by atoms with Gasteiger partial charge in [0.15, 0.2) is 5.78 Å². The van der Waals surface area contributed by atoms with Gasteiger partial charge in [-0.2, -0.15) is 0 Å². The molecule has 0 aliphatic rings. The van der Waals surface area contributed by atoms with Crippen molar-refractivity contribution in [1.82, 2.24) is 0 Å². The average molecular weight is 775 g/mol. The Morgan fingerprint density at radius 2 is 0.509 bits per heavy atom. The lowest BCUT2D eigenvalue weighted by Crippen LogP contribution is -2.67. The molecule has 0 aromatic rings. The zero-order valence-corrected chi connectivity index (χ0v) is 38.9. The maximum absolute atomic E-state index is 13.8. The van der Waals surface area contributed by atoms with Gasteiger partial charge in [0.05, 0.1) is 0 Å². The van der Waals surface area contributed by atoms with Crippen LogP contribution in [0.1, 0.15) is 317 Å². The minimum Gasteiger partial charge on any atom is -0.307 e. The van der Waals surface area contributed by atoms with Crippen LogP contribution in [0.2, 0.25) is 0 Å². The van der Waals surface area contributed by atoms with Gasteiger partial charge in [0.2, 0.25) is 0 Å². The van der Waals surface area contributed by atoms with Gasteiger partial charge in [-0.15, -0.1) is 0 Å². The van der Waals surface area contributed by atoms with Crippen LogP contribution in [0.25, 0.3) is 0 Å². The molecule has 330 valence electrons. The number of carbonyl (C=O) groups is 1. The topological polar surface area (TPSA) is 69.1 Å². The zero-order chi connectivity index (χ0) is 40.4. The Hall–Kier alpha value is -0.410. The fraction of sp³-hybridized carbons (Fsp3) is 0.981. The number of ketones is 1. The summed E-state index contributed by atoms with van der Waals surface area (Å²) in [6.45, 7) is 9.16. The summed E-state index contributed by atoms with van der Waals surface area (Å²) >= 11 is 0. The average Bonchev–Trinajstić information content (AvgIpc) is 3.18. The Bertz CT molecular complexity index is 731. The van der Waals surface area contributed by atoms with Crippen LogP contribution >= 0.6 is 0 Å². The number of hydrogen-bond donors (Lipinski definition) is 2. The second-order valence-electron chi connectivity index (χ2n) is 18.6. The van der Waals surface area contributed by atoms with Gasteiger partial charge in [-0.1, -0.05) is 285 Å². The molecule has 0 fully saturated rings. The first-order valence-electron chi connectivity index (χ1n) is 26.0. The first kappa shape index (κ1) is 54.6. The molecule has 0 aliphatic carbocycles. The van der Waals surface area contributed by atoms with Crippen molar-refractivity contribution in [2.75, 3.05) is 0 Å². The van der Waals surface area contributed by atoms with Gasteiger partial charge in [0.25, 0.3) is 0 Å². The molecular weight excluding hydrogens is 669 g/mol. The first-order chi connectivity index (χ1) is 26.9. The van der Waals surface area contributed by atoms with Crippen molar-refractivity contribution in [2.45, 2.75) is 322 Å². The standard InChI is InChI=1S/C52H106N2O/c1-5-9-12-15-18-21-24-27-30-33-36-39-42-45-48-51(8-4,49-46-43-40-37-34-31-28-25-22-19-16-13-10-6-2)52(53,54)50(55)47-44-41-38-35-32-29-26-23-20-17-14-11-7-3/h5-49,53-54H2,1-4H3. The van der Waals surface area contributed by atoms with Crippen LogP contribution in [0.3, 0.4) is 0 Å². The monoisotopic (exact) mass is 775 g/mol. The summed E-state index contributed by atoms with van der Waals surface area (Å²) in [5.41, 5.74) is 12.6. The number of Topliss-reactive ketones (excluding diaryl/α,β-unsaturated/α-hetero) is 1. The second kappa shape index (κ2) is 41.7. The molecular formula is C52H106N2O. The molecule has 0 heterocycles. The summed E-state index contributed by atoms with van der Waals surface area (Å²) < 4.78 is 0. The lowest BCUT2D eigenvalue weighted by Gasteiger charge is -2.45. The van der Waals surface area contributed by atoms with Crippen LogP contribution in [-0.2, 0) is 4.79 Å². The van der Waals surface area contributed by atoms with Crippen molar-refractivity contribution in [3.63, 3.8) is 0 Å². The third-order valence-electron chi connectivity index (χ3n) is 13.5. The normalized spacial score (nSPS) is 12.3. The van der Waals surface area contributed by atoms with E-state index in [1.165, 1.54) is 238 Å². The largest absolute Gasteiger partial charge is 0.307 e. The molecule has 0 bridgehead atoms. The van der Waals surface area contributed by atoms with Crippen molar-refractivity contribution < 1.29 is 4.79 Å². The highest BCUT2D eigenvalue weighted by atomic mass is 16.1. The van der Waals surface area contributed by atoms with Crippen LogP contribution in [0.15, 0.2) is 0 Å². The zero-order valence-electron chi connectivity index (χ0n) is 38.9. The van der Waals surface area contributed by atoms with E-state index in [2.05, 4.69) is 27.7 Å². The third-order valence-corrected chi connectivity index (χ3v) is 13.5. The summed E-state index contributed by atoms with van der Waals surface area (Å²) in [5, 5.41) is 0. The van der Waals surface area contributed by atoms with E-state index < -0.39 is 5.66 Å². The number of rotatable bonds is 47. The minimum absolute atomic E-state index is 0.133. The first-order valence-corrected chi connectivity index (χ1v) is 26.0. The van der Waals surface area contributed by atoms with Crippen molar-refractivity contribution in [3.05, 3.63) is 0 Å². The third kappa shape index (κ3) is 32.2. The van der Waals surface area contributed by atoms with Crippen LogP contribution in [0, 0.1) is 5.41 Å². The van der Waals surface area contributed by atoms with E-state index in [-0.39, 0.29) is 11.2 Å². The van der Waals surface area contributed by atoms with Gasteiger partial charge in [0, 0.05) is 11.8 Å². The quantitative estimate of drug-likeness (QED) is 0.0478. The van der Waals surface area contributed by atoms with Crippen LogP contribution in [0.4, 0.5) is 0 Å². The molecule has 0 aliphatic heterocycles. The summed E-state index contributed by atoms with van der Waals surface area (Å²) in [6.07, 6.45) is 59.0. The Labute approximate surface area is 348 Å². The van der Waals surface area contributed by atoms with Crippen molar-refractivity contribution >= 4 is 5.78 Å². The smallest absolute Gasteiger partial charge is 0.167 e. The Balaban J connectivity index is 4.63. The SMILES string of the molecule is CCCCCCCCCCCCCCCCC(CC)(CCCCCCCCCCCCCCCC)C(N)(N)C(=O)CCCCCCCCCCCCCCC. The fourth-order valence-electron chi connectivity index (χ4n) is 9.31. The van der Waals surface area contributed by atoms with Crippen LogP contribution in [0.5, 0.6) is 0 Å². The van der Waals surface area contributed by atoms with Gasteiger partial charge in [-0.25, -0.2) is 0 Å². The van der Waals surface area contributed by atoms with E-state index in [0.29, 0.717) is 6.42 Å². The van der Waals surface area contributed by atoms with Gasteiger partial charge in [-0.05, 0) is 25.7 Å². The predicted molar refractivity (Wildman–Crippen MR) is 249 cm³/mol. The fourth-order valence-corrected chi connectivity index (χ4v) is 9.31. The maximum Gasteiger partial charge on any atom is 0.167 e. The highest BCUT2D eigenvalue weighted by Gasteiger charge is 2.48. The van der Waals surface area contributed by atoms with Gasteiger partial charge in [0.1, 0.15) is 5.66 Å². The van der Waals surface area contributed by atoms with Crippen molar-refractivity contribution in [1.29, 1.82) is 0 Å². The Morgan fingerprint density at radius 1 is 0.309 bits per heavy atom. The molecule has 0 amide bonds. The number of hydrogen-bond acceptors (Lipinski definition) is 3. The van der Waals surface area contributed by atoms with Crippen LogP contribution in [-0.4, -0.2) is 11.4 Å². The molecule has 0 aromatic carbocycles. The molecule has 0 radical (unpaired) electrons. The lowest BCUT2D eigenvalue weighted by molar-refractivity contribution is -0.130. The molecule has 0 unspecified atom stereocenters. The second-order valence-corrected chi connectivity index (χ2v) is 18.6. The number of unbranched alkanes of at least 4 members (excludes halogenated alkanes) is 38. The van der Waals surface area contributed by atoms with E-state index >= 15 is 0 Å². The predicted octanol–water partition coefficient (Wildman–Crippen LogP) is 17.8. The van der Waals surface area contributed by atoms with E-state index in [1.807, 2.05) is 0 Å². The molecule has 3 heteroatoms.